The van der Waals surface area contributed by atoms with Crippen molar-refractivity contribution >= 4 is 0 Å². The molecule has 0 saturated heterocycles. The first-order valence-corrected chi connectivity index (χ1v) is 4.50. The summed E-state index contributed by atoms with van der Waals surface area (Å²) in [6.07, 6.45) is 9.22. The summed E-state index contributed by atoms with van der Waals surface area (Å²) in [6, 6.07) is 0. The fourth-order valence-electron chi connectivity index (χ4n) is 1.63. The minimum Gasteiger partial charge on any atom is -0.0856 e. The van der Waals surface area contributed by atoms with E-state index in [1.807, 2.05) is 0 Å². The number of allylic oxidation sites excluding steroid dienone is 2. The van der Waals surface area contributed by atoms with Crippen molar-refractivity contribution in [1.82, 2.24) is 0 Å². The highest BCUT2D eigenvalue weighted by molar-refractivity contribution is 5.04. The van der Waals surface area contributed by atoms with Gasteiger partial charge in [-0.05, 0) is 38.0 Å². The van der Waals surface area contributed by atoms with Crippen molar-refractivity contribution in [2.75, 3.05) is 0 Å². The molecular weight excluding hydrogens is 120 g/mol. The van der Waals surface area contributed by atoms with Gasteiger partial charge in [-0.25, -0.2) is 0 Å². The van der Waals surface area contributed by atoms with E-state index in [2.05, 4.69) is 19.9 Å². The summed E-state index contributed by atoms with van der Waals surface area (Å²) < 4.78 is 0. The summed E-state index contributed by atoms with van der Waals surface area (Å²) in [5.41, 5.74) is 1.71. The van der Waals surface area contributed by atoms with Gasteiger partial charge in [0.25, 0.3) is 0 Å². The molecule has 1 aliphatic carbocycles. The minimum atomic E-state index is 0.981. The van der Waals surface area contributed by atoms with Crippen LogP contribution in [0.4, 0.5) is 0 Å². The maximum Gasteiger partial charge on any atom is -0.0318 e. The van der Waals surface area contributed by atoms with Crippen LogP contribution in [-0.4, -0.2) is 0 Å². The Bertz CT molecular complexity index is 112. The second-order valence-electron chi connectivity index (χ2n) is 3.45. The van der Waals surface area contributed by atoms with Crippen molar-refractivity contribution in [3.05, 3.63) is 11.6 Å². The average Bonchev–Trinajstić information content (AvgIpc) is 1.95. The Morgan fingerprint density at radius 2 is 2.00 bits per heavy atom. The number of hydrogen-bond acceptors (Lipinski definition) is 0. The first-order chi connectivity index (χ1) is 4.83. The van der Waals surface area contributed by atoms with Crippen molar-refractivity contribution in [2.45, 2.75) is 46.0 Å². The van der Waals surface area contributed by atoms with Gasteiger partial charge in [-0.15, -0.1) is 0 Å². The molecule has 0 aromatic rings. The van der Waals surface area contributed by atoms with Crippen LogP contribution in [0.25, 0.3) is 0 Å². The third-order valence-electron chi connectivity index (χ3n) is 2.41. The molecule has 10 heavy (non-hydrogen) atoms. The highest BCUT2D eigenvalue weighted by Crippen LogP contribution is 2.27. The zero-order valence-corrected chi connectivity index (χ0v) is 7.19. The summed E-state index contributed by atoms with van der Waals surface area (Å²) >= 11 is 0. The average molecular weight is 138 g/mol. The minimum absolute atomic E-state index is 0.981. The van der Waals surface area contributed by atoms with Gasteiger partial charge in [0.1, 0.15) is 0 Å². The van der Waals surface area contributed by atoms with Gasteiger partial charge in [-0.3, -0.25) is 0 Å². The first kappa shape index (κ1) is 7.84. The molecule has 0 heterocycles. The van der Waals surface area contributed by atoms with E-state index in [1.54, 1.807) is 5.57 Å². The summed E-state index contributed by atoms with van der Waals surface area (Å²) in [7, 11) is 0. The Morgan fingerprint density at radius 1 is 1.40 bits per heavy atom. The third-order valence-corrected chi connectivity index (χ3v) is 2.41. The molecule has 0 amide bonds. The molecule has 0 nitrogen and oxygen atoms in total. The smallest absolute Gasteiger partial charge is 0.0318 e. The van der Waals surface area contributed by atoms with Crippen LogP contribution in [0, 0.1) is 5.92 Å². The standard InChI is InChI=1S/C10H18/c1-3-4-10-7-5-9(2)6-8-10/h4,9H,3,5-8H2,1-2H3. The van der Waals surface area contributed by atoms with Crippen LogP contribution in [-0.2, 0) is 0 Å². The van der Waals surface area contributed by atoms with E-state index in [9.17, 15) is 0 Å². The van der Waals surface area contributed by atoms with Crippen LogP contribution in [0.3, 0.4) is 0 Å². The Kier molecular flexibility index (Phi) is 2.98. The van der Waals surface area contributed by atoms with Gasteiger partial charge in [0, 0.05) is 0 Å². The van der Waals surface area contributed by atoms with Crippen LogP contribution >= 0.6 is 0 Å². The van der Waals surface area contributed by atoms with Gasteiger partial charge in [0.2, 0.25) is 0 Å². The molecule has 1 rings (SSSR count). The lowest BCUT2D eigenvalue weighted by molar-refractivity contribution is 0.443. The van der Waals surface area contributed by atoms with E-state index in [0.29, 0.717) is 0 Å². The highest BCUT2D eigenvalue weighted by atomic mass is 14.2. The predicted molar refractivity (Wildman–Crippen MR) is 46.0 cm³/mol. The second-order valence-corrected chi connectivity index (χ2v) is 3.45. The predicted octanol–water partition coefficient (Wildman–Crippen LogP) is 3.53. The zero-order valence-electron chi connectivity index (χ0n) is 7.19. The van der Waals surface area contributed by atoms with E-state index in [0.717, 1.165) is 5.92 Å². The van der Waals surface area contributed by atoms with Gasteiger partial charge in [0.15, 0.2) is 0 Å². The lowest BCUT2D eigenvalue weighted by atomic mass is 9.87. The fraction of sp³-hybridized carbons (Fsp3) is 0.800. The number of hydrogen-bond donors (Lipinski definition) is 0. The Hall–Kier alpha value is -0.260. The van der Waals surface area contributed by atoms with Crippen LogP contribution < -0.4 is 0 Å². The second kappa shape index (κ2) is 3.80. The van der Waals surface area contributed by atoms with Gasteiger partial charge >= 0.3 is 0 Å². The number of rotatable bonds is 1. The molecule has 0 atom stereocenters. The van der Waals surface area contributed by atoms with Crippen molar-refractivity contribution in [3.63, 3.8) is 0 Å². The van der Waals surface area contributed by atoms with E-state index in [-0.39, 0.29) is 0 Å². The van der Waals surface area contributed by atoms with Crippen molar-refractivity contribution < 1.29 is 0 Å². The van der Waals surface area contributed by atoms with Crippen LogP contribution in [0.15, 0.2) is 11.6 Å². The molecule has 0 aromatic heterocycles. The molecule has 0 radical (unpaired) electrons. The molecule has 0 heteroatoms. The lowest BCUT2D eigenvalue weighted by Crippen LogP contribution is -2.03. The van der Waals surface area contributed by atoms with Gasteiger partial charge < -0.3 is 0 Å². The van der Waals surface area contributed by atoms with Crippen LogP contribution in [0.5, 0.6) is 0 Å². The normalized spacial score (nSPS) is 26.6. The van der Waals surface area contributed by atoms with E-state index in [1.165, 1.54) is 32.1 Å². The maximum atomic E-state index is 2.41. The fourth-order valence-corrected chi connectivity index (χ4v) is 1.63. The van der Waals surface area contributed by atoms with Gasteiger partial charge in [-0.1, -0.05) is 25.5 Å². The highest BCUT2D eigenvalue weighted by Gasteiger charge is 2.10. The van der Waals surface area contributed by atoms with Crippen molar-refractivity contribution in [2.24, 2.45) is 5.92 Å². The topological polar surface area (TPSA) is 0 Å². The van der Waals surface area contributed by atoms with E-state index < -0.39 is 0 Å². The lowest BCUT2D eigenvalue weighted by Gasteiger charge is -2.19. The van der Waals surface area contributed by atoms with Crippen LogP contribution in [0.1, 0.15) is 46.0 Å². The van der Waals surface area contributed by atoms with Crippen LogP contribution in [0.2, 0.25) is 0 Å². The van der Waals surface area contributed by atoms with E-state index in [4.69, 9.17) is 0 Å². The quantitative estimate of drug-likeness (QED) is 0.486. The Morgan fingerprint density at radius 3 is 2.50 bits per heavy atom. The molecule has 0 bridgehead atoms. The molecule has 58 valence electrons. The largest absolute Gasteiger partial charge is 0.0856 e. The molecule has 0 unspecified atom stereocenters. The van der Waals surface area contributed by atoms with Crippen molar-refractivity contribution in [3.8, 4) is 0 Å². The van der Waals surface area contributed by atoms with Gasteiger partial charge in [-0.2, -0.15) is 0 Å². The third kappa shape index (κ3) is 2.17. The van der Waals surface area contributed by atoms with Crippen molar-refractivity contribution in [1.29, 1.82) is 0 Å². The summed E-state index contributed by atoms with van der Waals surface area (Å²) in [4.78, 5) is 0. The summed E-state index contributed by atoms with van der Waals surface area (Å²) in [5, 5.41) is 0. The molecule has 1 saturated carbocycles. The molecule has 1 aliphatic rings. The monoisotopic (exact) mass is 138 g/mol. The molecule has 0 aromatic carbocycles. The van der Waals surface area contributed by atoms with E-state index >= 15 is 0 Å². The molecule has 0 aliphatic heterocycles. The SMILES string of the molecule is CCC=C1CCC(C)CC1. The molecular formula is C10H18. The molecule has 1 fully saturated rings. The molecule has 0 spiro atoms. The Labute approximate surface area is 64.3 Å². The summed E-state index contributed by atoms with van der Waals surface area (Å²) in [6.45, 7) is 4.59. The molecule has 0 N–H and O–H groups in total. The Balaban J connectivity index is 2.32. The van der Waals surface area contributed by atoms with Gasteiger partial charge in [0.05, 0.1) is 0 Å². The first-order valence-electron chi connectivity index (χ1n) is 4.50. The summed E-state index contributed by atoms with van der Waals surface area (Å²) in [5.74, 6) is 0.981. The zero-order chi connectivity index (χ0) is 7.40. The maximum absolute atomic E-state index is 2.41.